The quantitative estimate of drug-likeness (QED) is 0.549. The SMILES string of the molecule is CC(C)CC(CNC(=O)c1ccn(-c2ccc([N+](=O)[O-])cc2)n1)C(=O)O. The van der Waals surface area contributed by atoms with E-state index in [-0.39, 0.29) is 23.8 Å². The fourth-order valence-electron chi connectivity index (χ4n) is 2.46. The third-order valence-electron chi connectivity index (χ3n) is 3.76. The third-order valence-corrected chi connectivity index (χ3v) is 3.76. The van der Waals surface area contributed by atoms with E-state index in [4.69, 9.17) is 0 Å². The van der Waals surface area contributed by atoms with Crippen LogP contribution < -0.4 is 5.32 Å². The van der Waals surface area contributed by atoms with Crippen molar-refractivity contribution in [3.05, 3.63) is 52.3 Å². The van der Waals surface area contributed by atoms with Gasteiger partial charge in [0.15, 0.2) is 5.69 Å². The third kappa shape index (κ3) is 4.88. The lowest BCUT2D eigenvalue weighted by molar-refractivity contribution is -0.384. The molecule has 1 heterocycles. The Hall–Kier alpha value is -3.23. The molecule has 0 aliphatic rings. The van der Waals surface area contributed by atoms with Gasteiger partial charge < -0.3 is 10.4 Å². The molecule has 0 aliphatic heterocycles. The number of carbonyl (C=O) groups excluding carboxylic acids is 1. The maximum absolute atomic E-state index is 12.2. The molecule has 2 rings (SSSR count). The number of nitrogens with zero attached hydrogens (tertiary/aromatic N) is 3. The maximum Gasteiger partial charge on any atom is 0.308 e. The summed E-state index contributed by atoms with van der Waals surface area (Å²) in [6.45, 7) is 3.87. The fourth-order valence-corrected chi connectivity index (χ4v) is 2.46. The van der Waals surface area contributed by atoms with Crippen molar-refractivity contribution < 1.29 is 19.6 Å². The van der Waals surface area contributed by atoms with E-state index in [1.54, 1.807) is 6.20 Å². The van der Waals surface area contributed by atoms with Crippen LogP contribution in [-0.4, -0.2) is 38.2 Å². The van der Waals surface area contributed by atoms with E-state index in [0.29, 0.717) is 12.1 Å². The average molecular weight is 360 g/mol. The van der Waals surface area contributed by atoms with Crippen LogP contribution in [0, 0.1) is 22.0 Å². The van der Waals surface area contributed by atoms with E-state index < -0.39 is 22.7 Å². The molecule has 0 saturated carbocycles. The van der Waals surface area contributed by atoms with Gasteiger partial charge in [0, 0.05) is 24.9 Å². The Labute approximate surface area is 149 Å². The number of carbonyl (C=O) groups is 2. The number of nitrogens with one attached hydrogen (secondary N) is 1. The van der Waals surface area contributed by atoms with Gasteiger partial charge in [-0.15, -0.1) is 0 Å². The van der Waals surface area contributed by atoms with Gasteiger partial charge in [-0.25, -0.2) is 4.68 Å². The number of nitro groups is 1. The number of non-ortho nitro benzene ring substituents is 1. The zero-order valence-corrected chi connectivity index (χ0v) is 14.5. The zero-order chi connectivity index (χ0) is 19.3. The number of hydrogen-bond acceptors (Lipinski definition) is 5. The van der Waals surface area contributed by atoms with Crippen LogP contribution in [0.4, 0.5) is 5.69 Å². The monoisotopic (exact) mass is 360 g/mol. The first kappa shape index (κ1) is 19.1. The number of carboxylic acids is 1. The largest absolute Gasteiger partial charge is 0.481 e. The highest BCUT2D eigenvalue weighted by molar-refractivity contribution is 5.92. The Morgan fingerprint density at radius 1 is 1.27 bits per heavy atom. The number of hydrogen-bond donors (Lipinski definition) is 2. The number of aliphatic carboxylic acids is 1. The van der Waals surface area contributed by atoms with Crippen molar-refractivity contribution in [3.8, 4) is 5.69 Å². The van der Waals surface area contributed by atoms with Gasteiger partial charge in [-0.1, -0.05) is 13.8 Å². The molecule has 0 spiro atoms. The highest BCUT2D eigenvalue weighted by Gasteiger charge is 2.20. The van der Waals surface area contributed by atoms with Gasteiger partial charge in [-0.05, 0) is 30.5 Å². The van der Waals surface area contributed by atoms with Crippen LogP contribution in [0.25, 0.3) is 5.69 Å². The predicted octanol–water partition coefficient (Wildman–Crippen LogP) is 2.26. The molecule has 0 fully saturated rings. The summed E-state index contributed by atoms with van der Waals surface area (Å²) in [5, 5.41) is 26.6. The van der Waals surface area contributed by atoms with Crippen molar-refractivity contribution in [1.29, 1.82) is 0 Å². The lowest BCUT2D eigenvalue weighted by Gasteiger charge is -2.14. The first-order chi connectivity index (χ1) is 12.3. The molecule has 0 saturated heterocycles. The molecule has 1 unspecified atom stereocenters. The Balaban J connectivity index is 2.03. The normalized spacial score (nSPS) is 12.0. The number of rotatable bonds is 8. The molecule has 0 aliphatic carbocycles. The summed E-state index contributed by atoms with van der Waals surface area (Å²) in [6, 6.07) is 7.24. The summed E-state index contributed by atoms with van der Waals surface area (Å²) in [5.41, 5.74) is 0.665. The van der Waals surface area contributed by atoms with Crippen molar-refractivity contribution in [2.45, 2.75) is 20.3 Å². The minimum Gasteiger partial charge on any atom is -0.481 e. The summed E-state index contributed by atoms with van der Waals surface area (Å²) >= 11 is 0. The smallest absolute Gasteiger partial charge is 0.308 e. The van der Waals surface area contributed by atoms with Crippen LogP contribution >= 0.6 is 0 Å². The lowest BCUT2D eigenvalue weighted by Crippen LogP contribution is -2.33. The van der Waals surface area contributed by atoms with Crippen molar-refractivity contribution in [2.75, 3.05) is 6.54 Å². The molecule has 1 amide bonds. The zero-order valence-electron chi connectivity index (χ0n) is 14.5. The van der Waals surface area contributed by atoms with E-state index in [1.807, 2.05) is 13.8 Å². The molecule has 138 valence electrons. The molecule has 1 aromatic heterocycles. The molecule has 2 N–H and O–H groups in total. The molecule has 1 atom stereocenters. The summed E-state index contributed by atoms with van der Waals surface area (Å²) in [6.07, 6.45) is 2.02. The standard InChI is InChI=1S/C17H20N4O5/c1-11(2)9-12(17(23)24)10-18-16(22)15-7-8-20(19-15)13-3-5-14(6-4-13)21(25)26/h3-8,11-12H,9-10H2,1-2H3,(H,18,22)(H,23,24). The number of carboxylic acid groups (broad SMARTS) is 1. The highest BCUT2D eigenvalue weighted by atomic mass is 16.6. The minimum absolute atomic E-state index is 0.0245. The second-order valence-electron chi connectivity index (χ2n) is 6.29. The van der Waals surface area contributed by atoms with E-state index in [9.17, 15) is 24.8 Å². The topological polar surface area (TPSA) is 127 Å². The van der Waals surface area contributed by atoms with Crippen LogP contribution in [0.3, 0.4) is 0 Å². The van der Waals surface area contributed by atoms with Crippen LogP contribution in [0.1, 0.15) is 30.8 Å². The van der Waals surface area contributed by atoms with Crippen molar-refractivity contribution in [2.24, 2.45) is 11.8 Å². The molecule has 0 radical (unpaired) electrons. The second-order valence-corrected chi connectivity index (χ2v) is 6.29. The van der Waals surface area contributed by atoms with Gasteiger partial charge >= 0.3 is 5.97 Å². The second kappa shape index (κ2) is 8.24. The predicted molar refractivity (Wildman–Crippen MR) is 93.1 cm³/mol. The van der Waals surface area contributed by atoms with E-state index in [2.05, 4.69) is 10.4 Å². The Kier molecular flexibility index (Phi) is 6.05. The minimum atomic E-state index is -0.949. The molecule has 9 heteroatoms. The Morgan fingerprint density at radius 2 is 1.92 bits per heavy atom. The summed E-state index contributed by atoms with van der Waals surface area (Å²) in [7, 11) is 0. The molecular formula is C17H20N4O5. The fraction of sp³-hybridized carbons (Fsp3) is 0.353. The van der Waals surface area contributed by atoms with Crippen molar-refractivity contribution >= 4 is 17.6 Å². The van der Waals surface area contributed by atoms with Gasteiger partial charge in [0.05, 0.1) is 16.5 Å². The lowest BCUT2D eigenvalue weighted by atomic mass is 9.97. The average Bonchev–Trinajstić information content (AvgIpc) is 3.08. The molecule has 26 heavy (non-hydrogen) atoms. The Morgan fingerprint density at radius 3 is 2.46 bits per heavy atom. The van der Waals surface area contributed by atoms with Crippen molar-refractivity contribution in [1.82, 2.24) is 15.1 Å². The molecular weight excluding hydrogens is 340 g/mol. The number of benzene rings is 1. The molecule has 0 bridgehead atoms. The van der Waals surface area contributed by atoms with Crippen LogP contribution in [0.2, 0.25) is 0 Å². The summed E-state index contributed by atoms with van der Waals surface area (Å²) in [4.78, 5) is 33.6. The number of aromatic nitrogens is 2. The van der Waals surface area contributed by atoms with Gasteiger partial charge in [0.25, 0.3) is 11.6 Å². The number of nitro benzene ring substituents is 1. The van der Waals surface area contributed by atoms with Gasteiger partial charge in [-0.3, -0.25) is 19.7 Å². The molecule has 9 nitrogen and oxygen atoms in total. The summed E-state index contributed by atoms with van der Waals surface area (Å²) < 4.78 is 1.42. The molecule has 1 aromatic carbocycles. The first-order valence-electron chi connectivity index (χ1n) is 8.09. The summed E-state index contributed by atoms with van der Waals surface area (Å²) in [5.74, 6) is -1.87. The number of amides is 1. The Bertz CT molecular complexity index is 798. The van der Waals surface area contributed by atoms with Gasteiger partial charge in [0.2, 0.25) is 0 Å². The highest BCUT2D eigenvalue weighted by Crippen LogP contribution is 2.15. The van der Waals surface area contributed by atoms with Crippen molar-refractivity contribution in [3.63, 3.8) is 0 Å². The van der Waals surface area contributed by atoms with E-state index in [0.717, 1.165) is 0 Å². The maximum atomic E-state index is 12.2. The van der Waals surface area contributed by atoms with E-state index in [1.165, 1.54) is 35.0 Å². The van der Waals surface area contributed by atoms with Gasteiger partial charge in [-0.2, -0.15) is 5.10 Å². The van der Waals surface area contributed by atoms with Crippen LogP contribution in [-0.2, 0) is 4.79 Å². The van der Waals surface area contributed by atoms with Crippen LogP contribution in [0.5, 0.6) is 0 Å². The van der Waals surface area contributed by atoms with Gasteiger partial charge in [0.1, 0.15) is 0 Å². The molecule has 2 aromatic rings. The van der Waals surface area contributed by atoms with E-state index >= 15 is 0 Å². The first-order valence-corrected chi connectivity index (χ1v) is 8.09. The van der Waals surface area contributed by atoms with Crippen LogP contribution in [0.15, 0.2) is 36.5 Å².